The number of rotatable bonds is 7. The Hall–Kier alpha value is -2.36. The smallest absolute Gasteiger partial charge is 0.157 e. The minimum absolute atomic E-state index is 0.511. The lowest BCUT2D eigenvalue weighted by molar-refractivity contribution is -0.221. The maximum atomic E-state index is 10.2. The van der Waals surface area contributed by atoms with Crippen molar-refractivity contribution in [2.75, 3.05) is 23.8 Å². The minimum atomic E-state index is -1.47. The number of hydrogen-bond acceptors (Lipinski definition) is 12. The summed E-state index contributed by atoms with van der Waals surface area (Å²) >= 11 is 0. The molecule has 0 amide bonds. The van der Waals surface area contributed by atoms with Gasteiger partial charge in [-0.25, -0.2) is 0 Å². The van der Waals surface area contributed by atoms with Gasteiger partial charge in [0, 0.05) is 11.4 Å². The van der Waals surface area contributed by atoms with Crippen LogP contribution in [0.1, 0.15) is 0 Å². The highest BCUT2D eigenvalue weighted by Gasteiger charge is 2.44. The average molecular weight is 509 g/mol. The number of hydrogen-bond donors (Lipinski definition) is 10. The van der Waals surface area contributed by atoms with Gasteiger partial charge in [0.25, 0.3) is 0 Å². The second kappa shape index (κ2) is 11.4. The predicted molar refractivity (Wildman–Crippen MR) is 127 cm³/mol. The molecule has 2 saturated heterocycles. The van der Waals surface area contributed by atoms with Crippen molar-refractivity contribution in [2.45, 2.75) is 61.3 Å². The molecule has 2 aliphatic heterocycles. The molecule has 12 nitrogen and oxygen atoms in total. The molecule has 2 heterocycles. The number of ether oxygens (including phenoxy) is 2. The lowest BCUT2D eigenvalue weighted by Crippen LogP contribution is -2.60. The molecule has 36 heavy (non-hydrogen) atoms. The zero-order valence-corrected chi connectivity index (χ0v) is 19.2. The molecule has 12 heteroatoms. The van der Waals surface area contributed by atoms with E-state index < -0.39 is 74.5 Å². The molecule has 10 N–H and O–H groups in total. The van der Waals surface area contributed by atoms with Gasteiger partial charge in [-0.05, 0) is 35.4 Å². The third-order valence-corrected chi connectivity index (χ3v) is 6.51. The summed E-state index contributed by atoms with van der Waals surface area (Å²) in [5.41, 5.74) is 2.91. The SMILES string of the molecule is OC[C@@H]1O[C@H](Nc2ccc(-c3ccc(NC4O[C@@H](CO)[C@@H](O)[C@@H](O)[C@H]4O)cc3)cc2)[C@H](O)[C@H](O)[C@@H]1O. The van der Waals surface area contributed by atoms with Gasteiger partial charge in [-0.15, -0.1) is 0 Å². The van der Waals surface area contributed by atoms with Crippen LogP contribution in [0.5, 0.6) is 0 Å². The Morgan fingerprint density at radius 2 is 0.833 bits per heavy atom. The first-order valence-corrected chi connectivity index (χ1v) is 11.6. The van der Waals surface area contributed by atoms with E-state index in [1.165, 1.54) is 0 Å². The molecule has 0 aliphatic carbocycles. The lowest BCUT2D eigenvalue weighted by atomic mass is 9.98. The quantitative estimate of drug-likeness (QED) is 0.193. The number of benzene rings is 2. The maximum absolute atomic E-state index is 10.2. The van der Waals surface area contributed by atoms with Gasteiger partial charge in [-0.1, -0.05) is 24.3 Å². The van der Waals surface area contributed by atoms with Gasteiger partial charge in [0.1, 0.15) is 48.8 Å². The van der Waals surface area contributed by atoms with Crippen LogP contribution < -0.4 is 10.6 Å². The van der Waals surface area contributed by atoms with E-state index in [1.807, 2.05) is 24.3 Å². The minimum Gasteiger partial charge on any atom is -0.394 e. The van der Waals surface area contributed by atoms with Crippen molar-refractivity contribution in [2.24, 2.45) is 0 Å². The van der Waals surface area contributed by atoms with E-state index >= 15 is 0 Å². The Labute approximate surface area is 207 Å². The van der Waals surface area contributed by atoms with Crippen LogP contribution >= 0.6 is 0 Å². The largest absolute Gasteiger partial charge is 0.394 e. The van der Waals surface area contributed by atoms with E-state index in [1.54, 1.807) is 24.3 Å². The molecule has 2 aromatic rings. The van der Waals surface area contributed by atoms with Crippen molar-refractivity contribution in [1.82, 2.24) is 0 Å². The van der Waals surface area contributed by atoms with Crippen molar-refractivity contribution in [3.8, 4) is 11.1 Å². The van der Waals surface area contributed by atoms with Gasteiger partial charge in [0.2, 0.25) is 0 Å². The van der Waals surface area contributed by atoms with Crippen LogP contribution in [0.4, 0.5) is 11.4 Å². The van der Waals surface area contributed by atoms with Crippen molar-refractivity contribution < 1.29 is 50.3 Å². The van der Waals surface area contributed by atoms with Crippen LogP contribution in [0.15, 0.2) is 48.5 Å². The first kappa shape index (κ1) is 26.7. The maximum Gasteiger partial charge on any atom is 0.157 e. The first-order chi connectivity index (χ1) is 17.2. The second-order valence-electron chi connectivity index (χ2n) is 8.94. The summed E-state index contributed by atoms with van der Waals surface area (Å²) in [4.78, 5) is 0. The second-order valence-corrected chi connectivity index (χ2v) is 8.94. The number of nitrogens with one attached hydrogen (secondary N) is 2. The molecule has 1 unspecified atom stereocenters. The summed E-state index contributed by atoms with van der Waals surface area (Å²) in [5, 5.41) is 84.6. The molecule has 4 rings (SSSR count). The molecule has 198 valence electrons. The number of aliphatic hydroxyl groups is 8. The highest BCUT2D eigenvalue weighted by Crippen LogP contribution is 2.28. The molecule has 0 spiro atoms. The third-order valence-electron chi connectivity index (χ3n) is 6.51. The Morgan fingerprint density at radius 3 is 1.14 bits per heavy atom. The normalized spacial score (nSPS) is 36.9. The van der Waals surface area contributed by atoms with Gasteiger partial charge >= 0.3 is 0 Å². The van der Waals surface area contributed by atoms with Crippen molar-refractivity contribution in [1.29, 1.82) is 0 Å². The monoisotopic (exact) mass is 508 g/mol. The van der Waals surface area contributed by atoms with E-state index in [-0.39, 0.29) is 0 Å². The van der Waals surface area contributed by atoms with Gasteiger partial charge in [0.15, 0.2) is 12.5 Å². The van der Waals surface area contributed by atoms with Crippen molar-refractivity contribution in [3.05, 3.63) is 48.5 Å². The molecule has 0 aromatic heterocycles. The molecule has 0 bridgehead atoms. The van der Waals surface area contributed by atoms with E-state index in [4.69, 9.17) is 9.47 Å². The zero-order chi connectivity index (χ0) is 26.0. The summed E-state index contributed by atoms with van der Waals surface area (Å²) in [6.07, 6.45) is -12.7. The van der Waals surface area contributed by atoms with Crippen LogP contribution in [0, 0.1) is 0 Å². The van der Waals surface area contributed by atoms with Crippen LogP contribution in [0.3, 0.4) is 0 Å². The summed E-state index contributed by atoms with van der Waals surface area (Å²) < 4.78 is 10.9. The molecule has 10 atom stereocenters. The van der Waals surface area contributed by atoms with Crippen molar-refractivity contribution >= 4 is 11.4 Å². The molecular weight excluding hydrogens is 476 g/mol. The fraction of sp³-hybridized carbons (Fsp3) is 0.500. The summed E-state index contributed by atoms with van der Waals surface area (Å²) in [5.74, 6) is 0. The van der Waals surface area contributed by atoms with E-state index in [0.29, 0.717) is 11.4 Å². The van der Waals surface area contributed by atoms with Crippen LogP contribution in [-0.2, 0) is 9.47 Å². The van der Waals surface area contributed by atoms with Crippen LogP contribution in [0.25, 0.3) is 11.1 Å². The van der Waals surface area contributed by atoms with Crippen molar-refractivity contribution in [3.63, 3.8) is 0 Å². The summed E-state index contributed by atoms with van der Waals surface area (Å²) in [6, 6.07) is 14.3. The molecular formula is C24H32N2O10. The van der Waals surface area contributed by atoms with E-state index in [0.717, 1.165) is 11.1 Å². The fourth-order valence-corrected chi connectivity index (χ4v) is 4.29. The average Bonchev–Trinajstić information content (AvgIpc) is 2.90. The number of aliphatic hydroxyl groups excluding tert-OH is 8. The van der Waals surface area contributed by atoms with Gasteiger partial charge in [-0.2, -0.15) is 0 Å². The fourth-order valence-electron chi connectivity index (χ4n) is 4.29. The highest BCUT2D eigenvalue weighted by molar-refractivity contribution is 5.68. The van der Waals surface area contributed by atoms with Gasteiger partial charge in [0.05, 0.1) is 13.2 Å². The van der Waals surface area contributed by atoms with E-state index in [9.17, 15) is 40.9 Å². The molecule has 2 aliphatic rings. The van der Waals surface area contributed by atoms with Crippen LogP contribution in [-0.4, -0.2) is 115 Å². The molecule has 0 radical (unpaired) electrons. The molecule has 0 saturated carbocycles. The Balaban J connectivity index is 1.38. The highest BCUT2D eigenvalue weighted by atomic mass is 16.6. The van der Waals surface area contributed by atoms with Crippen LogP contribution in [0.2, 0.25) is 0 Å². The lowest BCUT2D eigenvalue weighted by Gasteiger charge is -2.40. The Kier molecular flexibility index (Phi) is 8.42. The Bertz CT molecular complexity index is 894. The predicted octanol–water partition coefficient (Wildman–Crippen LogP) is -2.22. The first-order valence-electron chi connectivity index (χ1n) is 11.6. The third kappa shape index (κ3) is 5.48. The topological polar surface area (TPSA) is 204 Å². The summed E-state index contributed by atoms with van der Waals surface area (Å²) in [6.45, 7) is -1.02. The molecule has 2 fully saturated rings. The van der Waals surface area contributed by atoms with E-state index in [2.05, 4.69) is 10.6 Å². The standard InChI is InChI=1S/C24H32N2O10/c27-9-15-17(29)19(31)21(33)23(35-15)25-13-5-1-11(2-6-13)12-3-7-14(8-4-12)26-24-22(34)20(32)18(30)16(10-28)36-24/h1-8,15-34H,9-10H2/t15-,16-,17+,18+,19+,20+,21+,22+,23-,24?/m0/s1. The Morgan fingerprint density at radius 1 is 0.500 bits per heavy atom. The molecule has 2 aromatic carbocycles. The van der Waals surface area contributed by atoms with Gasteiger partial charge < -0.3 is 61.0 Å². The zero-order valence-electron chi connectivity index (χ0n) is 19.2. The number of anilines is 2. The summed E-state index contributed by atoms with van der Waals surface area (Å²) in [7, 11) is 0. The van der Waals surface area contributed by atoms with Gasteiger partial charge in [-0.3, -0.25) is 0 Å².